The minimum absolute atomic E-state index is 0.0413. The van der Waals surface area contributed by atoms with Crippen LogP contribution < -0.4 is 9.47 Å². The summed E-state index contributed by atoms with van der Waals surface area (Å²) in [6, 6.07) is 14.1. The van der Waals surface area contributed by atoms with Crippen LogP contribution in [0.25, 0.3) is 0 Å². The minimum atomic E-state index is 0.0413. The van der Waals surface area contributed by atoms with E-state index in [9.17, 15) is 4.79 Å². The summed E-state index contributed by atoms with van der Waals surface area (Å²) < 4.78 is 10.7. The Labute approximate surface area is 153 Å². The number of thioether (sulfide) groups is 1. The van der Waals surface area contributed by atoms with Crippen molar-refractivity contribution in [2.24, 2.45) is 0 Å². The van der Waals surface area contributed by atoms with E-state index in [0.29, 0.717) is 13.0 Å². The molecule has 0 spiro atoms. The molecule has 0 bridgehead atoms. The normalized spacial score (nSPS) is 17.5. The summed E-state index contributed by atoms with van der Waals surface area (Å²) in [5.41, 5.74) is 3.42. The lowest BCUT2D eigenvalue weighted by molar-refractivity contribution is -0.132. The first-order valence-corrected chi connectivity index (χ1v) is 9.36. The fourth-order valence-electron chi connectivity index (χ4n) is 3.07. The number of hydrogen-bond donors (Lipinski definition) is 0. The predicted octanol–water partition coefficient (Wildman–Crippen LogP) is 4.18. The van der Waals surface area contributed by atoms with E-state index in [1.165, 1.54) is 11.1 Å². The van der Waals surface area contributed by atoms with Gasteiger partial charge < -0.3 is 14.4 Å². The first kappa shape index (κ1) is 17.7. The van der Waals surface area contributed by atoms with Crippen LogP contribution in [0.1, 0.15) is 28.5 Å². The van der Waals surface area contributed by atoms with Crippen LogP contribution in [-0.4, -0.2) is 30.8 Å². The second kappa shape index (κ2) is 7.83. The number of benzene rings is 2. The fraction of sp³-hybridized carbons (Fsp3) is 0.350. The molecule has 1 saturated heterocycles. The van der Waals surface area contributed by atoms with E-state index in [4.69, 9.17) is 9.47 Å². The molecular formula is C20H23NO3S. The molecule has 1 fully saturated rings. The number of carbonyl (C=O) groups excluding carboxylic acids is 1. The first-order chi connectivity index (χ1) is 12.1. The first-order valence-electron chi connectivity index (χ1n) is 8.31. The van der Waals surface area contributed by atoms with Crippen molar-refractivity contribution in [1.82, 2.24) is 4.90 Å². The van der Waals surface area contributed by atoms with Crippen LogP contribution in [0.15, 0.2) is 42.5 Å². The molecule has 1 atom stereocenters. The maximum Gasteiger partial charge on any atom is 0.224 e. The van der Waals surface area contributed by atoms with Crippen molar-refractivity contribution in [1.29, 1.82) is 0 Å². The average Bonchev–Trinajstić information content (AvgIpc) is 2.63. The van der Waals surface area contributed by atoms with E-state index in [-0.39, 0.29) is 11.3 Å². The van der Waals surface area contributed by atoms with Crippen LogP contribution in [-0.2, 0) is 11.3 Å². The fourth-order valence-corrected chi connectivity index (χ4v) is 4.40. The predicted molar refractivity (Wildman–Crippen MR) is 101 cm³/mol. The summed E-state index contributed by atoms with van der Waals surface area (Å²) in [6.45, 7) is 2.64. The Balaban J connectivity index is 1.92. The molecule has 25 heavy (non-hydrogen) atoms. The summed E-state index contributed by atoms with van der Waals surface area (Å²) in [7, 11) is 3.27. The van der Waals surface area contributed by atoms with Crippen molar-refractivity contribution in [3.63, 3.8) is 0 Å². The van der Waals surface area contributed by atoms with Gasteiger partial charge in [0.15, 0.2) is 0 Å². The zero-order chi connectivity index (χ0) is 17.8. The molecule has 3 rings (SSSR count). The van der Waals surface area contributed by atoms with Crippen LogP contribution >= 0.6 is 11.8 Å². The van der Waals surface area contributed by atoms with E-state index >= 15 is 0 Å². The highest BCUT2D eigenvalue weighted by Crippen LogP contribution is 2.40. The van der Waals surface area contributed by atoms with Crippen molar-refractivity contribution >= 4 is 17.7 Å². The Bertz CT molecular complexity index is 740. The molecule has 4 nitrogen and oxygen atoms in total. The lowest BCUT2D eigenvalue weighted by Gasteiger charge is -2.36. The summed E-state index contributed by atoms with van der Waals surface area (Å²) >= 11 is 1.82. The maximum absolute atomic E-state index is 12.7. The van der Waals surface area contributed by atoms with Crippen molar-refractivity contribution in [2.75, 3.05) is 20.0 Å². The van der Waals surface area contributed by atoms with Gasteiger partial charge in [-0.25, -0.2) is 0 Å². The van der Waals surface area contributed by atoms with E-state index < -0.39 is 0 Å². The molecular weight excluding hydrogens is 334 g/mol. The monoisotopic (exact) mass is 357 g/mol. The van der Waals surface area contributed by atoms with Crippen molar-refractivity contribution < 1.29 is 14.3 Å². The summed E-state index contributed by atoms with van der Waals surface area (Å²) in [5.74, 6) is 2.52. The van der Waals surface area contributed by atoms with Crippen LogP contribution in [0.2, 0.25) is 0 Å². The summed E-state index contributed by atoms with van der Waals surface area (Å²) in [6.07, 6.45) is 0.578. The van der Waals surface area contributed by atoms with Gasteiger partial charge in [0.05, 0.1) is 14.2 Å². The highest BCUT2D eigenvalue weighted by Gasteiger charge is 2.30. The number of amides is 1. The van der Waals surface area contributed by atoms with E-state index in [2.05, 4.69) is 19.1 Å². The minimum Gasteiger partial charge on any atom is -0.497 e. The number of hydrogen-bond acceptors (Lipinski definition) is 4. The van der Waals surface area contributed by atoms with Gasteiger partial charge in [-0.05, 0) is 35.7 Å². The highest BCUT2D eigenvalue weighted by molar-refractivity contribution is 7.99. The van der Waals surface area contributed by atoms with Gasteiger partial charge in [0.25, 0.3) is 0 Å². The lowest BCUT2D eigenvalue weighted by atomic mass is 10.1. The maximum atomic E-state index is 12.7. The second-order valence-corrected chi connectivity index (χ2v) is 7.26. The van der Waals surface area contributed by atoms with Gasteiger partial charge in [-0.1, -0.05) is 24.3 Å². The Morgan fingerprint density at radius 1 is 1.12 bits per heavy atom. The Kier molecular flexibility index (Phi) is 5.53. The number of methoxy groups -OCH3 is 2. The molecule has 2 aromatic rings. The van der Waals surface area contributed by atoms with E-state index in [1.807, 2.05) is 47.0 Å². The third-order valence-electron chi connectivity index (χ3n) is 4.41. The largest absolute Gasteiger partial charge is 0.497 e. The zero-order valence-corrected chi connectivity index (χ0v) is 15.6. The third kappa shape index (κ3) is 3.93. The lowest BCUT2D eigenvalue weighted by Crippen LogP contribution is -2.37. The van der Waals surface area contributed by atoms with Gasteiger partial charge in [-0.15, -0.1) is 11.8 Å². The van der Waals surface area contributed by atoms with E-state index in [0.717, 1.165) is 22.8 Å². The van der Waals surface area contributed by atoms with Crippen molar-refractivity contribution in [2.45, 2.75) is 25.3 Å². The van der Waals surface area contributed by atoms with Crippen LogP contribution in [0, 0.1) is 6.92 Å². The smallest absolute Gasteiger partial charge is 0.224 e. The van der Waals surface area contributed by atoms with Crippen LogP contribution in [0.4, 0.5) is 0 Å². The number of rotatable bonds is 5. The van der Waals surface area contributed by atoms with Crippen LogP contribution in [0.5, 0.6) is 11.5 Å². The van der Waals surface area contributed by atoms with Gasteiger partial charge >= 0.3 is 0 Å². The molecule has 132 valence electrons. The molecule has 2 aromatic carbocycles. The zero-order valence-electron chi connectivity index (χ0n) is 14.8. The molecule has 0 saturated carbocycles. The Morgan fingerprint density at radius 3 is 2.44 bits per heavy atom. The standard InChI is InChI=1S/C20H23NO3S/c1-14-6-4-5-7-18(14)20-21(19(22)8-9-25-20)13-15-10-16(23-2)12-17(11-15)24-3/h4-7,10-12,20H,8-9,13H2,1-3H3. The molecule has 1 aliphatic heterocycles. The molecule has 0 aliphatic carbocycles. The molecule has 1 heterocycles. The molecule has 0 aromatic heterocycles. The molecule has 1 unspecified atom stereocenters. The molecule has 5 heteroatoms. The van der Waals surface area contributed by atoms with Gasteiger partial charge in [0.2, 0.25) is 5.91 Å². The van der Waals surface area contributed by atoms with Gasteiger partial charge in [0, 0.05) is 24.8 Å². The second-order valence-electron chi connectivity index (χ2n) is 6.07. The topological polar surface area (TPSA) is 38.8 Å². The number of nitrogens with zero attached hydrogens (tertiary/aromatic N) is 1. The van der Waals surface area contributed by atoms with Gasteiger partial charge in [-0.3, -0.25) is 4.79 Å². The summed E-state index contributed by atoms with van der Waals surface area (Å²) in [5, 5.41) is 0.0413. The summed E-state index contributed by atoms with van der Waals surface area (Å²) in [4.78, 5) is 14.6. The Morgan fingerprint density at radius 2 is 1.80 bits per heavy atom. The molecule has 1 amide bonds. The van der Waals surface area contributed by atoms with Crippen molar-refractivity contribution in [3.8, 4) is 11.5 Å². The van der Waals surface area contributed by atoms with Gasteiger partial charge in [-0.2, -0.15) is 0 Å². The molecule has 0 N–H and O–H groups in total. The highest BCUT2D eigenvalue weighted by atomic mass is 32.2. The van der Waals surface area contributed by atoms with Crippen molar-refractivity contribution in [3.05, 3.63) is 59.2 Å². The number of ether oxygens (including phenoxy) is 2. The number of carbonyl (C=O) groups is 1. The average molecular weight is 357 g/mol. The third-order valence-corrected chi connectivity index (χ3v) is 5.68. The Hall–Kier alpha value is -2.14. The van der Waals surface area contributed by atoms with Gasteiger partial charge in [0.1, 0.15) is 16.9 Å². The molecule has 1 aliphatic rings. The quantitative estimate of drug-likeness (QED) is 0.805. The van der Waals surface area contributed by atoms with E-state index in [1.54, 1.807) is 14.2 Å². The number of aryl methyl sites for hydroxylation is 1. The van der Waals surface area contributed by atoms with Crippen LogP contribution in [0.3, 0.4) is 0 Å². The SMILES string of the molecule is COc1cc(CN2C(=O)CCSC2c2ccccc2C)cc(OC)c1. The molecule has 0 radical (unpaired) electrons.